The van der Waals surface area contributed by atoms with Gasteiger partial charge in [-0.05, 0) is 100 Å². The molecule has 8 rings (SSSR count). The summed E-state index contributed by atoms with van der Waals surface area (Å²) in [6.45, 7) is 18.3. The average molecular weight is 951 g/mol. The summed E-state index contributed by atoms with van der Waals surface area (Å²) in [5, 5.41) is 12.4. The maximum absolute atomic E-state index is 12.5. The van der Waals surface area contributed by atoms with Gasteiger partial charge in [-0.2, -0.15) is 25.4 Å². The van der Waals surface area contributed by atoms with Crippen LogP contribution >= 0.6 is 0 Å². The summed E-state index contributed by atoms with van der Waals surface area (Å²) >= 11 is 0. The minimum atomic E-state index is -3.74. The Morgan fingerprint density at radius 3 is 1.52 bits per heavy atom. The lowest BCUT2D eigenvalue weighted by atomic mass is 10.2. The van der Waals surface area contributed by atoms with Gasteiger partial charge in [0.25, 0.3) is 20.4 Å². The number of rotatable bonds is 4. The summed E-state index contributed by atoms with van der Waals surface area (Å²) in [5.74, 6) is 1.52. The Balaban J connectivity index is 0.000000191. The fourth-order valence-corrected chi connectivity index (χ4v) is 9.78. The second-order valence-electron chi connectivity index (χ2n) is 19.1. The molecule has 2 saturated carbocycles. The van der Waals surface area contributed by atoms with Crippen LogP contribution in [0.5, 0.6) is 0 Å². The predicted octanol–water partition coefficient (Wildman–Crippen LogP) is 4.40. The fraction of sp³-hybridized carbons (Fsp3) is 0.625. The van der Waals surface area contributed by atoms with E-state index in [1.807, 2.05) is 17.2 Å². The highest BCUT2D eigenvalue weighted by Crippen LogP contribution is 2.47. The number of aromatic amines is 1. The molecule has 0 atom stereocenters. The molecule has 2 aliphatic carbocycles. The lowest BCUT2D eigenvalue weighted by molar-refractivity contribution is -0.0294. The Bertz CT molecular complexity index is 2580. The molecule has 360 valence electrons. The highest BCUT2D eigenvalue weighted by molar-refractivity contribution is 7.87. The van der Waals surface area contributed by atoms with Crippen LogP contribution in [0, 0.1) is 0 Å². The molecule has 0 radical (unpaired) electrons. The van der Waals surface area contributed by atoms with Gasteiger partial charge >= 0.3 is 18.4 Å². The van der Waals surface area contributed by atoms with Crippen molar-refractivity contribution in [2.24, 2.45) is 10.3 Å². The first kappa shape index (κ1) is 50.8. The molecule has 4 aliphatic rings. The highest BCUT2D eigenvalue weighted by atomic mass is 32.2. The molecular weight excluding hydrogens is 889 g/mol. The van der Waals surface area contributed by atoms with Crippen LogP contribution in [0.2, 0.25) is 0 Å². The first-order chi connectivity index (χ1) is 29.5. The number of hydrogen-bond acceptors (Lipinski definition) is 17. The maximum Gasteiger partial charge on any atom is 0.519 e. The Hall–Kier alpha value is -5.21. The Labute approximate surface area is 379 Å². The molecule has 65 heavy (non-hydrogen) atoms. The summed E-state index contributed by atoms with van der Waals surface area (Å²) in [6, 6.07) is 3.72. The molecule has 0 bridgehead atoms. The molecule has 23 nitrogen and oxygen atoms in total. The number of ether oxygens (including phenoxy) is 4. The molecular formula is C40H62N12O11S2. The Morgan fingerprint density at radius 2 is 1.09 bits per heavy atom. The van der Waals surface area contributed by atoms with E-state index in [1.54, 1.807) is 74.6 Å². The van der Waals surface area contributed by atoms with Gasteiger partial charge in [-0.25, -0.2) is 49.2 Å². The molecule has 0 aromatic carbocycles. The van der Waals surface area contributed by atoms with Crippen LogP contribution in [0.3, 0.4) is 0 Å². The van der Waals surface area contributed by atoms with Gasteiger partial charge in [-0.1, -0.05) is 7.43 Å². The number of aromatic nitrogens is 6. The summed E-state index contributed by atoms with van der Waals surface area (Å²) in [6.07, 6.45) is 6.99. The third-order valence-electron chi connectivity index (χ3n) is 10.4. The van der Waals surface area contributed by atoms with Crippen molar-refractivity contribution in [2.75, 3.05) is 49.1 Å². The van der Waals surface area contributed by atoms with Gasteiger partial charge in [0.05, 0.1) is 21.9 Å². The number of fused-ring (bicyclic) bond motifs is 2. The van der Waals surface area contributed by atoms with Crippen molar-refractivity contribution in [1.29, 1.82) is 0 Å². The highest BCUT2D eigenvalue weighted by Gasteiger charge is 2.56. The molecule has 6 heterocycles. The van der Waals surface area contributed by atoms with Crippen LogP contribution in [0.15, 0.2) is 37.2 Å². The smallest absolute Gasteiger partial charge is 0.443 e. The normalized spacial score (nSPS) is 18.4. The number of nitrogens with one attached hydrogen (secondary N) is 1. The lowest BCUT2D eigenvalue weighted by Crippen LogP contribution is -2.58. The minimum absolute atomic E-state index is 0. The standard InChI is InChI=1S/C17H24N6O4S.C12H16N6O2S.C10H18O5.CH4/c1-16(2,3)27-15(24)22-7-4-12-13(19-11-20-14(12)22)21-8-9-23(28(18,25)26)17(10-21)5-6-17;13-21(19,20)18-6-5-17(7-12(18)2-3-12)11-9-1-4-14-10(9)15-8-16-11;1-9(2,3)14-7(11)13-8(12)15-10(4,5)6;/h4,7,11H,5-6,8-10H2,1-3H3,(H2,18,25,26);1,4,8H,2-3,5-7H2,(H2,13,19,20)(H,14,15,16);1-6H3;1H4. The second-order valence-corrected chi connectivity index (χ2v) is 22.0. The number of carbonyl (C=O) groups is 3. The average Bonchev–Trinajstić information content (AvgIpc) is 3.94. The van der Waals surface area contributed by atoms with Crippen molar-refractivity contribution in [3.8, 4) is 0 Å². The molecule has 2 spiro atoms. The van der Waals surface area contributed by atoms with E-state index in [-0.39, 0.29) is 13.0 Å². The molecule has 2 saturated heterocycles. The van der Waals surface area contributed by atoms with Crippen LogP contribution in [0.4, 0.5) is 26.0 Å². The van der Waals surface area contributed by atoms with Crippen molar-refractivity contribution in [3.63, 3.8) is 0 Å². The molecule has 25 heteroatoms. The number of nitrogens with two attached hydrogens (primary N) is 2. The molecule has 0 amide bonds. The molecule has 0 unspecified atom stereocenters. The number of hydrogen-bond donors (Lipinski definition) is 3. The fourth-order valence-electron chi connectivity index (χ4n) is 7.55. The van der Waals surface area contributed by atoms with E-state index in [9.17, 15) is 31.2 Å². The van der Waals surface area contributed by atoms with E-state index in [4.69, 9.17) is 24.5 Å². The van der Waals surface area contributed by atoms with Crippen molar-refractivity contribution in [3.05, 3.63) is 37.2 Å². The number of nitrogens with zero attached hydrogens (tertiary/aromatic N) is 9. The van der Waals surface area contributed by atoms with Gasteiger partial charge in [0.2, 0.25) is 0 Å². The van der Waals surface area contributed by atoms with Crippen molar-refractivity contribution in [1.82, 2.24) is 38.1 Å². The Morgan fingerprint density at radius 1 is 0.646 bits per heavy atom. The van der Waals surface area contributed by atoms with Gasteiger partial charge < -0.3 is 33.7 Å². The van der Waals surface area contributed by atoms with E-state index >= 15 is 0 Å². The topological polar surface area (TPSA) is 294 Å². The van der Waals surface area contributed by atoms with E-state index in [0.717, 1.165) is 42.5 Å². The van der Waals surface area contributed by atoms with Gasteiger partial charge in [0, 0.05) is 51.7 Å². The molecule has 2 aliphatic heterocycles. The van der Waals surface area contributed by atoms with E-state index < -0.39 is 61.2 Å². The monoisotopic (exact) mass is 950 g/mol. The molecule has 4 aromatic rings. The largest absolute Gasteiger partial charge is 0.519 e. The summed E-state index contributed by atoms with van der Waals surface area (Å²) in [4.78, 5) is 58.9. The number of anilines is 2. The van der Waals surface area contributed by atoms with Gasteiger partial charge in [-0.3, -0.25) is 0 Å². The zero-order valence-electron chi connectivity index (χ0n) is 37.5. The number of piperazine rings is 2. The zero-order valence-corrected chi connectivity index (χ0v) is 39.2. The third-order valence-corrected chi connectivity index (χ3v) is 12.7. The Kier molecular flexibility index (Phi) is 14.2. The third kappa shape index (κ3) is 12.6. The number of H-pyrrole nitrogens is 1. The van der Waals surface area contributed by atoms with Crippen LogP contribution in [0.1, 0.15) is 95.4 Å². The first-order valence-electron chi connectivity index (χ1n) is 20.6. The van der Waals surface area contributed by atoms with Crippen LogP contribution in [0.25, 0.3) is 22.1 Å². The summed E-state index contributed by atoms with van der Waals surface area (Å²) < 4.78 is 70.7. The van der Waals surface area contributed by atoms with Gasteiger partial charge in [0.1, 0.15) is 46.7 Å². The number of carbonyl (C=O) groups excluding carboxylic acids is 3. The van der Waals surface area contributed by atoms with Crippen molar-refractivity contribution < 1.29 is 50.2 Å². The van der Waals surface area contributed by atoms with Crippen LogP contribution in [-0.4, -0.2) is 140 Å². The van der Waals surface area contributed by atoms with E-state index in [2.05, 4.69) is 34.6 Å². The second kappa shape index (κ2) is 18.2. The lowest BCUT2D eigenvalue weighted by Gasteiger charge is -2.40. The van der Waals surface area contributed by atoms with Crippen molar-refractivity contribution in [2.45, 2.75) is 123 Å². The van der Waals surface area contributed by atoms with Gasteiger partial charge in [-0.15, -0.1) is 0 Å². The van der Waals surface area contributed by atoms with E-state index in [0.29, 0.717) is 56.1 Å². The first-order valence-corrected chi connectivity index (χ1v) is 23.6. The van der Waals surface area contributed by atoms with Crippen LogP contribution < -0.4 is 20.1 Å². The molecule has 5 N–H and O–H groups in total. The minimum Gasteiger partial charge on any atom is -0.443 e. The quantitative estimate of drug-likeness (QED) is 0.145. The van der Waals surface area contributed by atoms with E-state index in [1.165, 1.54) is 25.8 Å². The predicted molar refractivity (Wildman–Crippen MR) is 241 cm³/mol. The van der Waals surface area contributed by atoms with Crippen LogP contribution in [-0.2, 0) is 39.4 Å². The summed E-state index contributed by atoms with van der Waals surface area (Å²) in [7, 11) is -7.38. The molecule has 4 aromatic heterocycles. The molecule has 4 fully saturated rings. The zero-order chi connectivity index (χ0) is 47.3. The SMILES string of the molecule is C.CC(C)(C)OC(=O)OC(=O)OC(C)(C)C.CC(C)(C)OC(=O)n1ccc2c(N3CCN(S(N)(=O)=O)C4(CC4)C3)ncnc21.NS(=O)(=O)N1CCN(c2ncnc3[nH]ccc23)CC12CC2. The summed E-state index contributed by atoms with van der Waals surface area (Å²) in [5.41, 5.74) is -1.57. The maximum atomic E-state index is 12.5. The van der Waals surface area contributed by atoms with Gasteiger partial charge in [0.15, 0.2) is 5.65 Å². The van der Waals surface area contributed by atoms with Crippen molar-refractivity contribution >= 4 is 72.5 Å².